The van der Waals surface area contributed by atoms with E-state index in [0.717, 1.165) is 29.5 Å². The van der Waals surface area contributed by atoms with Crippen LogP contribution < -0.4 is 4.74 Å². The van der Waals surface area contributed by atoms with E-state index in [1.54, 1.807) is 0 Å². The van der Waals surface area contributed by atoms with Gasteiger partial charge in [0, 0.05) is 0 Å². The highest BCUT2D eigenvalue weighted by molar-refractivity contribution is 9.10. The monoisotopic (exact) mass is 256 g/mol. The summed E-state index contributed by atoms with van der Waals surface area (Å²) >= 11 is 3.40. The van der Waals surface area contributed by atoms with Crippen molar-refractivity contribution in [1.82, 2.24) is 0 Å². The minimum Gasteiger partial charge on any atom is -0.489 e. The van der Waals surface area contributed by atoms with Crippen molar-refractivity contribution in [3.05, 3.63) is 28.7 Å². The molecule has 0 amide bonds. The normalized spacial score (nSPS) is 18.7. The predicted molar refractivity (Wildman–Crippen MR) is 58.4 cm³/mol. The minimum atomic E-state index is -0.574. The molecule has 1 fully saturated rings. The van der Waals surface area contributed by atoms with Crippen molar-refractivity contribution in [1.29, 1.82) is 0 Å². The van der Waals surface area contributed by atoms with Crippen molar-refractivity contribution in [2.75, 3.05) is 6.61 Å². The van der Waals surface area contributed by atoms with Gasteiger partial charge in [0.2, 0.25) is 0 Å². The fourth-order valence-electron chi connectivity index (χ4n) is 1.50. The lowest BCUT2D eigenvalue weighted by atomic mass is 9.81. The molecule has 0 bridgehead atoms. The fraction of sp³-hybridized carbons (Fsp3) is 0.455. The Bertz CT molecular complexity index is 321. The van der Waals surface area contributed by atoms with Gasteiger partial charge >= 0.3 is 0 Å². The Kier molecular flexibility index (Phi) is 2.79. The second kappa shape index (κ2) is 3.91. The lowest BCUT2D eigenvalue weighted by Crippen LogP contribution is -2.42. The third-order valence-electron chi connectivity index (χ3n) is 2.62. The first kappa shape index (κ1) is 9.99. The maximum absolute atomic E-state index is 9.82. The summed E-state index contributed by atoms with van der Waals surface area (Å²) in [5.41, 5.74) is -0.574. The van der Waals surface area contributed by atoms with Crippen molar-refractivity contribution in [3.8, 4) is 5.75 Å². The largest absolute Gasteiger partial charge is 0.489 e. The number of hydrogen-bond donors (Lipinski definition) is 1. The first-order valence-corrected chi connectivity index (χ1v) is 5.59. The van der Waals surface area contributed by atoms with Crippen molar-refractivity contribution in [2.45, 2.75) is 24.9 Å². The van der Waals surface area contributed by atoms with Gasteiger partial charge in [-0.05, 0) is 47.3 Å². The molecule has 0 aliphatic heterocycles. The second-order valence-electron chi connectivity index (χ2n) is 3.80. The summed E-state index contributed by atoms with van der Waals surface area (Å²) in [5, 5.41) is 9.82. The molecule has 2 rings (SSSR count). The highest BCUT2D eigenvalue weighted by Gasteiger charge is 2.35. The van der Waals surface area contributed by atoms with Crippen LogP contribution in [-0.4, -0.2) is 17.3 Å². The van der Waals surface area contributed by atoms with Crippen molar-refractivity contribution < 1.29 is 9.84 Å². The van der Waals surface area contributed by atoms with Gasteiger partial charge < -0.3 is 9.84 Å². The Morgan fingerprint density at radius 2 is 2.07 bits per heavy atom. The van der Waals surface area contributed by atoms with E-state index in [0.29, 0.717) is 6.61 Å². The van der Waals surface area contributed by atoms with Crippen LogP contribution in [0.3, 0.4) is 0 Å². The molecule has 0 heterocycles. The van der Waals surface area contributed by atoms with E-state index in [1.807, 2.05) is 24.3 Å². The van der Waals surface area contributed by atoms with Gasteiger partial charge in [-0.2, -0.15) is 0 Å². The first-order chi connectivity index (χ1) is 6.70. The molecule has 1 aromatic rings. The number of halogens is 1. The summed E-state index contributed by atoms with van der Waals surface area (Å²) in [6, 6.07) is 7.69. The van der Waals surface area contributed by atoms with Crippen molar-refractivity contribution in [3.63, 3.8) is 0 Å². The summed E-state index contributed by atoms with van der Waals surface area (Å²) in [5.74, 6) is 0.799. The van der Waals surface area contributed by atoms with Crippen LogP contribution in [0.25, 0.3) is 0 Å². The zero-order valence-electron chi connectivity index (χ0n) is 7.87. The van der Waals surface area contributed by atoms with Gasteiger partial charge in [0.15, 0.2) is 0 Å². The first-order valence-electron chi connectivity index (χ1n) is 4.79. The van der Waals surface area contributed by atoms with Crippen molar-refractivity contribution in [2.24, 2.45) is 0 Å². The average molecular weight is 257 g/mol. The van der Waals surface area contributed by atoms with Gasteiger partial charge in [0.05, 0.1) is 10.1 Å². The summed E-state index contributed by atoms with van der Waals surface area (Å²) in [4.78, 5) is 0. The predicted octanol–water partition coefficient (Wildman–Crippen LogP) is 2.74. The number of ether oxygens (including phenoxy) is 1. The number of hydrogen-bond acceptors (Lipinski definition) is 2. The lowest BCUT2D eigenvalue weighted by molar-refractivity contribution is -0.0665. The maximum atomic E-state index is 9.82. The zero-order chi connectivity index (χ0) is 10.0. The SMILES string of the molecule is OC1(COc2ccccc2Br)CCC1. The van der Waals surface area contributed by atoms with E-state index in [-0.39, 0.29) is 0 Å². The minimum absolute atomic E-state index is 0.398. The Hall–Kier alpha value is -0.540. The van der Waals surface area contributed by atoms with E-state index in [2.05, 4.69) is 15.9 Å². The quantitative estimate of drug-likeness (QED) is 0.902. The molecule has 1 aliphatic carbocycles. The average Bonchev–Trinajstić information content (AvgIpc) is 2.14. The van der Waals surface area contributed by atoms with Crippen LogP contribution in [-0.2, 0) is 0 Å². The number of rotatable bonds is 3. The van der Waals surface area contributed by atoms with E-state index in [9.17, 15) is 5.11 Å². The van der Waals surface area contributed by atoms with Gasteiger partial charge in [0.25, 0.3) is 0 Å². The van der Waals surface area contributed by atoms with Gasteiger partial charge in [-0.1, -0.05) is 12.1 Å². The Morgan fingerprint density at radius 3 is 2.64 bits per heavy atom. The molecule has 0 saturated heterocycles. The van der Waals surface area contributed by atoms with E-state index < -0.39 is 5.60 Å². The van der Waals surface area contributed by atoms with Crippen LogP contribution in [0.2, 0.25) is 0 Å². The zero-order valence-corrected chi connectivity index (χ0v) is 9.46. The summed E-state index contributed by atoms with van der Waals surface area (Å²) < 4.78 is 6.48. The van der Waals surface area contributed by atoms with Crippen LogP contribution in [0.1, 0.15) is 19.3 Å². The molecule has 0 atom stereocenters. The molecule has 2 nitrogen and oxygen atoms in total. The van der Waals surface area contributed by atoms with E-state index >= 15 is 0 Å². The molecule has 1 N–H and O–H groups in total. The van der Waals surface area contributed by atoms with Gasteiger partial charge in [-0.15, -0.1) is 0 Å². The third kappa shape index (κ3) is 2.10. The standard InChI is InChI=1S/C11H13BrO2/c12-9-4-1-2-5-10(9)14-8-11(13)6-3-7-11/h1-2,4-5,13H,3,6-8H2. The lowest BCUT2D eigenvalue weighted by Gasteiger charge is -2.36. The molecule has 14 heavy (non-hydrogen) atoms. The van der Waals surface area contributed by atoms with Crippen LogP contribution in [0, 0.1) is 0 Å². The Morgan fingerprint density at radius 1 is 1.36 bits per heavy atom. The van der Waals surface area contributed by atoms with E-state index in [1.165, 1.54) is 0 Å². The molecule has 3 heteroatoms. The highest BCUT2D eigenvalue weighted by Crippen LogP contribution is 2.33. The molecular weight excluding hydrogens is 244 g/mol. The van der Waals surface area contributed by atoms with Crippen LogP contribution in [0.5, 0.6) is 5.75 Å². The van der Waals surface area contributed by atoms with Crippen LogP contribution in [0.15, 0.2) is 28.7 Å². The summed E-state index contributed by atoms with van der Waals surface area (Å²) in [6.07, 6.45) is 2.82. The number of aliphatic hydroxyl groups is 1. The maximum Gasteiger partial charge on any atom is 0.133 e. The highest BCUT2D eigenvalue weighted by atomic mass is 79.9. The number of benzene rings is 1. The van der Waals surface area contributed by atoms with Crippen molar-refractivity contribution >= 4 is 15.9 Å². The Labute approximate surface area is 92.0 Å². The fourth-order valence-corrected chi connectivity index (χ4v) is 1.90. The molecular formula is C11H13BrO2. The molecule has 0 radical (unpaired) electrons. The third-order valence-corrected chi connectivity index (χ3v) is 3.27. The number of para-hydroxylation sites is 1. The van der Waals surface area contributed by atoms with Crippen LogP contribution in [0.4, 0.5) is 0 Å². The molecule has 0 unspecified atom stereocenters. The van der Waals surface area contributed by atoms with Gasteiger partial charge in [-0.3, -0.25) is 0 Å². The Balaban J connectivity index is 1.95. The second-order valence-corrected chi connectivity index (χ2v) is 4.65. The molecule has 1 aromatic carbocycles. The van der Waals surface area contributed by atoms with E-state index in [4.69, 9.17) is 4.74 Å². The summed E-state index contributed by atoms with van der Waals surface area (Å²) in [6.45, 7) is 0.398. The topological polar surface area (TPSA) is 29.5 Å². The van der Waals surface area contributed by atoms with Gasteiger partial charge in [0.1, 0.15) is 12.4 Å². The molecule has 0 aromatic heterocycles. The molecule has 0 spiro atoms. The summed E-state index contributed by atoms with van der Waals surface area (Å²) in [7, 11) is 0. The van der Waals surface area contributed by atoms with Gasteiger partial charge in [-0.25, -0.2) is 0 Å². The smallest absolute Gasteiger partial charge is 0.133 e. The molecule has 1 saturated carbocycles. The molecule has 1 aliphatic rings. The van der Waals surface area contributed by atoms with Crippen LogP contribution >= 0.6 is 15.9 Å². The molecule has 76 valence electrons.